The van der Waals surface area contributed by atoms with Crippen LogP contribution in [0.2, 0.25) is 0 Å². The summed E-state index contributed by atoms with van der Waals surface area (Å²) in [7, 11) is 0. The molecule has 5 nitrogen and oxygen atoms in total. The van der Waals surface area contributed by atoms with E-state index < -0.39 is 0 Å². The summed E-state index contributed by atoms with van der Waals surface area (Å²) < 4.78 is 5.55. The molecule has 1 rings (SSSR count). The van der Waals surface area contributed by atoms with Gasteiger partial charge in [0.1, 0.15) is 0 Å². The van der Waals surface area contributed by atoms with Crippen molar-refractivity contribution in [2.45, 2.75) is 52.9 Å². The SMILES string of the molecule is CC(O)CC(C)CNC(=O)Nc1cccc(COC(C)C)c1. The second-order valence-corrected chi connectivity index (χ2v) is 6.09. The predicted octanol–water partition coefficient (Wildman–Crippen LogP) is 3.14. The Bertz CT molecular complexity index is 461. The van der Waals surface area contributed by atoms with Crippen molar-refractivity contribution in [1.82, 2.24) is 5.32 Å². The molecule has 0 bridgehead atoms. The van der Waals surface area contributed by atoms with E-state index in [0.29, 0.717) is 19.6 Å². The Labute approximate surface area is 133 Å². The van der Waals surface area contributed by atoms with E-state index in [1.54, 1.807) is 6.92 Å². The smallest absolute Gasteiger partial charge is 0.319 e. The van der Waals surface area contributed by atoms with Crippen LogP contribution in [0.3, 0.4) is 0 Å². The number of carbonyl (C=O) groups is 1. The van der Waals surface area contributed by atoms with Gasteiger partial charge in [-0.3, -0.25) is 0 Å². The van der Waals surface area contributed by atoms with Crippen LogP contribution in [0.25, 0.3) is 0 Å². The fourth-order valence-electron chi connectivity index (χ4n) is 2.11. The summed E-state index contributed by atoms with van der Waals surface area (Å²) in [6.45, 7) is 8.79. The molecule has 2 atom stereocenters. The normalized spacial score (nSPS) is 13.7. The van der Waals surface area contributed by atoms with Gasteiger partial charge in [0.2, 0.25) is 0 Å². The Morgan fingerprint density at radius 1 is 1.27 bits per heavy atom. The molecule has 1 aromatic carbocycles. The molecule has 3 N–H and O–H groups in total. The minimum Gasteiger partial charge on any atom is -0.393 e. The number of urea groups is 1. The van der Waals surface area contributed by atoms with Crippen LogP contribution in [0.1, 0.15) is 39.7 Å². The second kappa shape index (κ2) is 9.43. The van der Waals surface area contributed by atoms with Crippen molar-refractivity contribution in [2.24, 2.45) is 5.92 Å². The fraction of sp³-hybridized carbons (Fsp3) is 0.588. The molecular weight excluding hydrogens is 280 g/mol. The molecule has 2 amide bonds. The number of aliphatic hydroxyl groups is 1. The lowest BCUT2D eigenvalue weighted by Crippen LogP contribution is -2.33. The minimum absolute atomic E-state index is 0.176. The molecule has 1 aromatic rings. The monoisotopic (exact) mass is 308 g/mol. The summed E-state index contributed by atoms with van der Waals surface area (Å²) in [5.41, 5.74) is 1.76. The van der Waals surface area contributed by atoms with Crippen molar-refractivity contribution >= 4 is 11.7 Å². The molecule has 0 aliphatic rings. The van der Waals surface area contributed by atoms with Crippen molar-refractivity contribution in [3.8, 4) is 0 Å². The average molecular weight is 308 g/mol. The molecule has 5 heteroatoms. The maximum absolute atomic E-state index is 11.9. The van der Waals surface area contributed by atoms with E-state index >= 15 is 0 Å². The first-order valence-corrected chi connectivity index (χ1v) is 7.80. The van der Waals surface area contributed by atoms with Gasteiger partial charge in [-0.15, -0.1) is 0 Å². The third kappa shape index (κ3) is 8.00. The molecule has 22 heavy (non-hydrogen) atoms. The van der Waals surface area contributed by atoms with Gasteiger partial charge >= 0.3 is 6.03 Å². The Kier molecular flexibility index (Phi) is 7.91. The first-order valence-electron chi connectivity index (χ1n) is 7.80. The van der Waals surface area contributed by atoms with Gasteiger partial charge < -0.3 is 20.5 Å². The molecule has 0 saturated heterocycles. The highest BCUT2D eigenvalue weighted by atomic mass is 16.5. The maximum Gasteiger partial charge on any atom is 0.319 e. The summed E-state index contributed by atoms with van der Waals surface area (Å²) in [5.74, 6) is 0.233. The van der Waals surface area contributed by atoms with Crippen LogP contribution in [-0.2, 0) is 11.3 Å². The van der Waals surface area contributed by atoms with Gasteiger partial charge in [-0.2, -0.15) is 0 Å². The summed E-state index contributed by atoms with van der Waals surface area (Å²) in [5, 5.41) is 14.9. The molecule has 2 unspecified atom stereocenters. The number of anilines is 1. The van der Waals surface area contributed by atoms with Crippen LogP contribution in [0, 0.1) is 5.92 Å². The number of aliphatic hydroxyl groups excluding tert-OH is 1. The number of ether oxygens (including phenoxy) is 1. The Balaban J connectivity index is 2.42. The molecule has 0 fully saturated rings. The van der Waals surface area contributed by atoms with E-state index in [0.717, 1.165) is 11.3 Å². The zero-order chi connectivity index (χ0) is 16.5. The van der Waals surface area contributed by atoms with E-state index in [1.165, 1.54) is 0 Å². The quantitative estimate of drug-likeness (QED) is 0.691. The zero-order valence-corrected chi connectivity index (χ0v) is 13.9. The van der Waals surface area contributed by atoms with Crippen molar-refractivity contribution in [1.29, 1.82) is 0 Å². The van der Waals surface area contributed by atoms with Crippen LogP contribution in [-0.4, -0.2) is 29.9 Å². The fourth-order valence-corrected chi connectivity index (χ4v) is 2.11. The van der Waals surface area contributed by atoms with E-state index in [9.17, 15) is 9.90 Å². The lowest BCUT2D eigenvalue weighted by molar-refractivity contribution is 0.0657. The zero-order valence-electron chi connectivity index (χ0n) is 13.9. The number of hydrogen-bond donors (Lipinski definition) is 3. The average Bonchev–Trinajstić information content (AvgIpc) is 2.43. The van der Waals surface area contributed by atoms with Gasteiger partial charge in [0.05, 0.1) is 18.8 Å². The molecule has 124 valence electrons. The first kappa shape index (κ1) is 18.5. The molecular formula is C17H28N2O3. The van der Waals surface area contributed by atoms with Crippen LogP contribution in [0.15, 0.2) is 24.3 Å². The Morgan fingerprint density at radius 2 is 2.00 bits per heavy atom. The number of benzene rings is 1. The third-order valence-electron chi connectivity index (χ3n) is 3.12. The Hall–Kier alpha value is -1.59. The summed E-state index contributed by atoms with van der Waals surface area (Å²) in [6, 6.07) is 7.37. The standard InChI is InChI=1S/C17H28N2O3/c1-12(2)22-11-15-6-5-7-16(9-15)19-17(21)18-10-13(3)8-14(4)20/h5-7,9,12-14,20H,8,10-11H2,1-4H3,(H2,18,19,21). The molecule has 0 radical (unpaired) electrons. The third-order valence-corrected chi connectivity index (χ3v) is 3.12. The molecule has 0 aliphatic carbocycles. The molecule has 0 aromatic heterocycles. The van der Waals surface area contributed by atoms with Gasteiger partial charge in [0.25, 0.3) is 0 Å². The highest BCUT2D eigenvalue weighted by Crippen LogP contribution is 2.12. The van der Waals surface area contributed by atoms with Crippen LogP contribution in [0.4, 0.5) is 10.5 Å². The van der Waals surface area contributed by atoms with Gasteiger partial charge in [0.15, 0.2) is 0 Å². The number of amides is 2. The number of carbonyl (C=O) groups excluding carboxylic acids is 1. The minimum atomic E-state index is -0.350. The highest BCUT2D eigenvalue weighted by Gasteiger charge is 2.08. The van der Waals surface area contributed by atoms with Gasteiger partial charge in [-0.1, -0.05) is 19.1 Å². The lowest BCUT2D eigenvalue weighted by atomic mass is 10.1. The maximum atomic E-state index is 11.9. The van der Waals surface area contributed by atoms with E-state index in [-0.39, 0.29) is 24.2 Å². The second-order valence-electron chi connectivity index (χ2n) is 6.09. The first-order chi connectivity index (χ1) is 10.4. The topological polar surface area (TPSA) is 70.6 Å². The summed E-state index contributed by atoms with van der Waals surface area (Å²) >= 11 is 0. The number of hydrogen-bond acceptors (Lipinski definition) is 3. The van der Waals surface area contributed by atoms with E-state index in [2.05, 4.69) is 10.6 Å². The lowest BCUT2D eigenvalue weighted by Gasteiger charge is -2.15. The van der Waals surface area contributed by atoms with Gasteiger partial charge in [-0.25, -0.2) is 4.79 Å². The molecule has 0 aliphatic heterocycles. The summed E-state index contributed by atoms with van der Waals surface area (Å²) in [6.07, 6.45) is 0.496. The molecule has 0 heterocycles. The molecule has 0 spiro atoms. The number of nitrogens with one attached hydrogen (secondary N) is 2. The Morgan fingerprint density at radius 3 is 2.64 bits per heavy atom. The van der Waals surface area contributed by atoms with Crippen molar-refractivity contribution in [3.05, 3.63) is 29.8 Å². The van der Waals surface area contributed by atoms with E-state index in [4.69, 9.17) is 4.74 Å². The largest absolute Gasteiger partial charge is 0.393 e. The van der Waals surface area contributed by atoms with Gasteiger partial charge in [-0.05, 0) is 50.8 Å². The van der Waals surface area contributed by atoms with Crippen LogP contribution >= 0.6 is 0 Å². The van der Waals surface area contributed by atoms with Crippen molar-refractivity contribution < 1.29 is 14.6 Å². The van der Waals surface area contributed by atoms with Crippen LogP contribution in [0.5, 0.6) is 0 Å². The highest BCUT2D eigenvalue weighted by molar-refractivity contribution is 5.89. The van der Waals surface area contributed by atoms with Crippen LogP contribution < -0.4 is 10.6 Å². The number of rotatable bonds is 8. The van der Waals surface area contributed by atoms with Crippen molar-refractivity contribution in [2.75, 3.05) is 11.9 Å². The van der Waals surface area contributed by atoms with E-state index in [1.807, 2.05) is 45.0 Å². The summed E-state index contributed by atoms with van der Waals surface area (Å²) in [4.78, 5) is 11.9. The predicted molar refractivity (Wildman–Crippen MR) is 88.9 cm³/mol. The molecule has 0 saturated carbocycles. The van der Waals surface area contributed by atoms with Crippen molar-refractivity contribution in [3.63, 3.8) is 0 Å². The van der Waals surface area contributed by atoms with Gasteiger partial charge in [0, 0.05) is 12.2 Å².